The zero-order valence-electron chi connectivity index (χ0n) is 11.6. The van der Waals surface area contributed by atoms with Crippen LogP contribution in [-0.2, 0) is 12.8 Å². The quantitative estimate of drug-likeness (QED) is 0.810. The van der Waals surface area contributed by atoms with Crippen molar-refractivity contribution >= 4 is 33.8 Å². The number of aryl methyl sites for hydroxylation is 2. The zero-order chi connectivity index (χ0) is 13.9. The predicted octanol–water partition coefficient (Wildman–Crippen LogP) is 3.97. The van der Waals surface area contributed by atoms with E-state index in [4.69, 9.17) is 12.2 Å². The van der Waals surface area contributed by atoms with Gasteiger partial charge in [0, 0.05) is 10.9 Å². The lowest BCUT2D eigenvalue weighted by Gasteiger charge is -2.14. The van der Waals surface area contributed by atoms with Gasteiger partial charge in [0.15, 0.2) is 4.77 Å². The molecule has 2 aromatic heterocycles. The summed E-state index contributed by atoms with van der Waals surface area (Å²) in [5, 5.41) is 0.927. The molecule has 106 valence electrons. The van der Waals surface area contributed by atoms with Gasteiger partial charge in [-0.3, -0.25) is 9.36 Å². The maximum absolute atomic E-state index is 12.9. The number of nitrogens with zero attached hydrogens (tertiary/aromatic N) is 1. The van der Waals surface area contributed by atoms with Crippen molar-refractivity contribution in [3.8, 4) is 0 Å². The van der Waals surface area contributed by atoms with Crippen LogP contribution in [0.3, 0.4) is 0 Å². The number of aromatic nitrogens is 2. The highest BCUT2D eigenvalue weighted by Crippen LogP contribution is 2.37. The maximum atomic E-state index is 12.9. The Kier molecular flexibility index (Phi) is 2.89. The summed E-state index contributed by atoms with van der Waals surface area (Å²) in [5.41, 5.74) is 1.45. The third-order valence-electron chi connectivity index (χ3n) is 4.83. The average molecular weight is 306 g/mol. The molecule has 2 heterocycles. The van der Waals surface area contributed by atoms with Crippen molar-refractivity contribution in [2.24, 2.45) is 5.92 Å². The number of hydrogen-bond donors (Lipinski definition) is 1. The zero-order valence-corrected chi connectivity index (χ0v) is 13.2. The lowest BCUT2D eigenvalue weighted by Crippen LogP contribution is -2.25. The van der Waals surface area contributed by atoms with Crippen molar-refractivity contribution in [1.29, 1.82) is 0 Å². The van der Waals surface area contributed by atoms with Crippen molar-refractivity contribution in [2.75, 3.05) is 0 Å². The number of fused-ring (bicyclic) bond motifs is 3. The highest BCUT2D eigenvalue weighted by molar-refractivity contribution is 7.71. The van der Waals surface area contributed by atoms with E-state index >= 15 is 0 Å². The van der Waals surface area contributed by atoms with Crippen molar-refractivity contribution < 1.29 is 0 Å². The van der Waals surface area contributed by atoms with Gasteiger partial charge in [-0.1, -0.05) is 6.92 Å². The van der Waals surface area contributed by atoms with E-state index in [0.717, 1.165) is 35.9 Å². The number of hydrogen-bond acceptors (Lipinski definition) is 3. The second kappa shape index (κ2) is 4.53. The second-order valence-corrected chi connectivity index (χ2v) is 7.73. The molecule has 2 aromatic rings. The molecule has 0 aromatic carbocycles. The molecule has 2 unspecified atom stereocenters. The lowest BCUT2D eigenvalue weighted by atomic mass is 10.1. The Balaban J connectivity index is 1.97. The highest BCUT2D eigenvalue weighted by atomic mass is 32.1. The largest absolute Gasteiger partial charge is 0.323 e. The molecule has 0 saturated heterocycles. The first-order chi connectivity index (χ1) is 9.65. The van der Waals surface area contributed by atoms with Crippen LogP contribution in [0.2, 0.25) is 0 Å². The lowest BCUT2D eigenvalue weighted by molar-refractivity contribution is 0.472. The highest BCUT2D eigenvalue weighted by Gasteiger charge is 2.27. The summed E-state index contributed by atoms with van der Waals surface area (Å²) in [6.07, 6.45) is 6.72. The third-order valence-corrected chi connectivity index (χ3v) is 6.33. The minimum atomic E-state index is 0.155. The molecule has 3 nitrogen and oxygen atoms in total. The molecule has 1 fully saturated rings. The minimum absolute atomic E-state index is 0.155. The Morgan fingerprint density at radius 1 is 1.35 bits per heavy atom. The summed E-state index contributed by atoms with van der Waals surface area (Å²) in [7, 11) is 0. The van der Waals surface area contributed by atoms with Crippen LogP contribution in [0, 0.1) is 10.7 Å². The molecule has 2 aliphatic carbocycles. The van der Waals surface area contributed by atoms with Crippen molar-refractivity contribution in [3.63, 3.8) is 0 Å². The monoisotopic (exact) mass is 306 g/mol. The van der Waals surface area contributed by atoms with Gasteiger partial charge in [-0.15, -0.1) is 11.3 Å². The number of aromatic amines is 1. The molecular weight excluding hydrogens is 288 g/mol. The number of nitrogens with one attached hydrogen (secondary N) is 1. The minimum Gasteiger partial charge on any atom is -0.323 e. The molecule has 20 heavy (non-hydrogen) atoms. The summed E-state index contributed by atoms with van der Waals surface area (Å²) >= 11 is 7.19. The molecule has 0 bridgehead atoms. The average Bonchev–Trinajstić information content (AvgIpc) is 3.04. The van der Waals surface area contributed by atoms with Crippen LogP contribution in [-0.4, -0.2) is 9.55 Å². The maximum Gasteiger partial charge on any atom is 0.263 e. The van der Waals surface area contributed by atoms with Gasteiger partial charge in [-0.25, -0.2) is 0 Å². The van der Waals surface area contributed by atoms with E-state index in [1.807, 2.05) is 4.57 Å². The van der Waals surface area contributed by atoms with Gasteiger partial charge in [0.25, 0.3) is 5.56 Å². The van der Waals surface area contributed by atoms with E-state index < -0.39 is 0 Å². The fourth-order valence-electron chi connectivity index (χ4n) is 3.83. The molecule has 2 aliphatic rings. The first kappa shape index (κ1) is 12.8. The van der Waals surface area contributed by atoms with E-state index in [-0.39, 0.29) is 5.56 Å². The first-order valence-corrected chi connectivity index (χ1v) is 8.66. The van der Waals surface area contributed by atoms with Crippen molar-refractivity contribution in [3.05, 3.63) is 25.6 Å². The molecule has 4 rings (SSSR count). The standard InChI is InChI=1S/C15H18N2OS2/c1-8-5-6-9(7-8)17-14(18)12-10-3-2-4-11(10)20-13(12)16-15(17)19/h8-9H,2-7H2,1H3,(H,16,19). The molecule has 0 aliphatic heterocycles. The number of thiophene rings is 1. The Bertz CT molecular complexity index is 799. The van der Waals surface area contributed by atoms with E-state index in [1.165, 1.54) is 23.3 Å². The summed E-state index contributed by atoms with van der Waals surface area (Å²) in [6.45, 7) is 2.26. The molecule has 0 radical (unpaired) electrons. The Morgan fingerprint density at radius 2 is 2.20 bits per heavy atom. The SMILES string of the molecule is CC1CCC(n2c(=S)[nH]c3sc4c(c3c2=O)CCC4)C1. The van der Waals surface area contributed by atoms with E-state index in [0.29, 0.717) is 16.7 Å². The molecule has 2 atom stereocenters. The number of rotatable bonds is 1. The molecule has 0 amide bonds. The van der Waals surface area contributed by atoms with Gasteiger partial charge in [-0.05, 0) is 62.2 Å². The van der Waals surface area contributed by atoms with Gasteiger partial charge in [0.1, 0.15) is 4.83 Å². The first-order valence-electron chi connectivity index (χ1n) is 7.44. The number of H-pyrrole nitrogens is 1. The summed E-state index contributed by atoms with van der Waals surface area (Å²) in [4.78, 5) is 18.6. The van der Waals surface area contributed by atoms with E-state index in [2.05, 4.69) is 11.9 Å². The van der Waals surface area contributed by atoms with Crippen LogP contribution in [0.1, 0.15) is 49.1 Å². The van der Waals surface area contributed by atoms with Crippen LogP contribution in [0.5, 0.6) is 0 Å². The summed E-state index contributed by atoms with van der Waals surface area (Å²) < 4.78 is 2.48. The Hall–Kier alpha value is -0.940. The van der Waals surface area contributed by atoms with Crippen LogP contribution in [0.25, 0.3) is 10.2 Å². The smallest absolute Gasteiger partial charge is 0.263 e. The molecular formula is C15H18N2OS2. The van der Waals surface area contributed by atoms with E-state index in [1.54, 1.807) is 11.3 Å². The third kappa shape index (κ3) is 1.76. The van der Waals surface area contributed by atoms with Crippen molar-refractivity contribution in [2.45, 2.75) is 51.5 Å². The normalized spacial score (nSPS) is 25.4. The predicted molar refractivity (Wildman–Crippen MR) is 85.3 cm³/mol. The van der Waals surface area contributed by atoms with Gasteiger partial charge in [-0.2, -0.15) is 0 Å². The molecule has 5 heteroatoms. The molecule has 1 saturated carbocycles. The fraction of sp³-hybridized carbons (Fsp3) is 0.600. The second-order valence-electron chi connectivity index (χ2n) is 6.24. The van der Waals surface area contributed by atoms with E-state index in [9.17, 15) is 4.79 Å². The van der Waals surface area contributed by atoms with Crippen LogP contribution < -0.4 is 5.56 Å². The van der Waals surface area contributed by atoms with Gasteiger partial charge >= 0.3 is 0 Å². The fourth-order valence-corrected chi connectivity index (χ4v) is 5.51. The van der Waals surface area contributed by atoms with Gasteiger partial charge < -0.3 is 4.98 Å². The summed E-state index contributed by atoms with van der Waals surface area (Å²) in [6, 6.07) is 0.294. The topological polar surface area (TPSA) is 37.8 Å². The van der Waals surface area contributed by atoms with Crippen LogP contribution in [0.15, 0.2) is 4.79 Å². The molecule has 0 spiro atoms. The van der Waals surface area contributed by atoms with Gasteiger partial charge in [0.05, 0.1) is 5.39 Å². The summed E-state index contributed by atoms with van der Waals surface area (Å²) in [5.74, 6) is 0.699. The van der Waals surface area contributed by atoms with Crippen molar-refractivity contribution in [1.82, 2.24) is 9.55 Å². The van der Waals surface area contributed by atoms with Gasteiger partial charge in [0.2, 0.25) is 0 Å². The van der Waals surface area contributed by atoms with Crippen LogP contribution in [0.4, 0.5) is 0 Å². The molecule has 1 N–H and O–H groups in total. The van der Waals surface area contributed by atoms with Crippen LogP contribution >= 0.6 is 23.6 Å². The Morgan fingerprint density at radius 3 is 2.95 bits per heavy atom. The Labute approximate surface area is 126 Å².